The van der Waals surface area contributed by atoms with Gasteiger partial charge < -0.3 is 9.47 Å². The van der Waals surface area contributed by atoms with Crippen molar-refractivity contribution in [2.24, 2.45) is 10.2 Å². The van der Waals surface area contributed by atoms with E-state index in [1.165, 1.54) is 0 Å². The molecule has 0 aliphatic carbocycles. The zero-order valence-electron chi connectivity index (χ0n) is 19.2. The summed E-state index contributed by atoms with van der Waals surface area (Å²) in [5.74, 6) is -0.899. The molecule has 10 heteroatoms. The molecule has 33 heavy (non-hydrogen) atoms. The van der Waals surface area contributed by atoms with Gasteiger partial charge in [0.05, 0.1) is 24.3 Å². The van der Waals surface area contributed by atoms with Gasteiger partial charge >= 0.3 is 0 Å². The molecule has 4 atom stereocenters. The van der Waals surface area contributed by atoms with Gasteiger partial charge in [-0.25, -0.2) is 0 Å². The van der Waals surface area contributed by atoms with Crippen LogP contribution in [0.1, 0.15) is 25.0 Å². The Balaban J connectivity index is 1.92. The van der Waals surface area contributed by atoms with Crippen molar-refractivity contribution in [1.29, 1.82) is 0 Å². The third-order valence-electron chi connectivity index (χ3n) is 5.48. The molecule has 174 valence electrons. The maximum Gasteiger partial charge on any atom is 0.163 e. The fourth-order valence-electron chi connectivity index (χ4n) is 4.07. The van der Waals surface area contributed by atoms with Crippen molar-refractivity contribution < 1.29 is 9.47 Å². The van der Waals surface area contributed by atoms with E-state index in [0.29, 0.717) is 12.8 Å². The van der Waals surface area contributed by atoms with E-state index in [-0.39, 0.29) is 0 Å². The van der Waals surface area contributed by atoms with Gasteiger partial charge in [0.1, 0.15) is 0 Å². The molecule has 8 nitrogen and oxygen atoms in total. The predicted octanol–water partition coefficient (Wildman–Crippen LogP) is 6.79. The number of thioether (sulfide) groups is 2. The van der Waals surface area contributed by atoms with Gasteiger partial charge in [0, 0.05) is 19.6 Å². The minimum atomic E-state index is -0.899. The maximum atomic E-state index is 9.30. The zero-order chi connectivity index (χ0) is 23.8. The fourth-order valence-corrected chi connectivity index (χ4v) is 5.04. The number of nitrogens with zero attached hydrogens (tertiary/aromatic N) is 6. The lowest BCUT2D eigenvalue weighted by Crippen LogP contribution is -2.42. The number of benzene rings is 2. The van der Waals surface area contributed by atoms with Crippen LogP contribution in [-0.2, 0) is 22.3 Å². The molecule has 0 amide bonds. The van der Waals surface area contributed by atoms with Crippen LogP contribution >= 0.6 is 23.5 Å². The molecule has 1 fully saturated rings. The molecule has 2 aromatic carbocycles. The molecule has 0 bridgehead atoms. The lowest BCUT2D eigenvalue weighted by atomic mass is 9.92. The molecule has 1 saturated heterocycles. The minimum absolute atomic E-state index is 0.490. The first kappa shape index (κ1) is 25.3. The van der Waals surface area contributed by atoms with Crippen molar-refractivity contribution in [2.75, 3.05) is 12.5 Å². The van der Waals surface area contributed by atoms with E-state index >= 15 is 0 Å². The zero-order valence-corrected chi connectivity index (χ0v) is 20.8. The number of hydrogen-bond donors (Lipinski definition) is 0. The van der Waals surface area contributed by atoms with E-state index in [1.807, 2.05) is 62.8 Å². The van der Waals surface area contributed by atoms with E-state index in [4.69, 9.17) is 9.47 Å². The van der Waals surface area contributed by atoms with Crippen LogP contribution in [-0.4, -0.2) is 42.6 Å². The van der Waals surface area contributed by atoms with Gasteiger partial charge in [-0.05, 0) is 85.7 Å². The average Bonchev–Trinajstić information content (AvgIpc) is 3.14. The third kappa shape index (κ3) is 6.84. The second-order valence-electron chi connectivity index (χ2n) is 8.22. The van der Waals surface area contributed by atoms with Gasteiger partial charge in [0.2, 0.25) is 0 Å². The maximum absolute atomic E-state index is 9.30. The van der Waals surface area contributed by atoms with Crippen molar-refractivity contribution in [1.82, 2.24) is 0 Å². The fraction of sp³-hybridized carbons (Fsp3) is 0.478. The lowest BCUT2D eigenvalue weighted by molar-refractivity contribution is -0.149. The van der Waals surface area contributed by atoms with E-state index in [0.717, 1.165) is 20.9 Å². The summed E-state index contributed by atoms with van der Waals surface area (Å²) in [5.41, 5.74) is 20.7. The quantitative estimate of drug-likeness (QED) is 0.160. The van der Waals surface area contributed by atoms with E-state index < -0.39 is 30.1 Å². The first-order valence-electron chi connectivity index (χ1n) is 10.6. The molecule has 0 spiro atoms. The molecule has 2 aromatic rings. The molecular weight excluding hydrogens is 456 g/mol. The van der Waals surface area contributed by atoms with E-state index in [1.54, 1.807) is 23.5 Å². The summed E-state index contributed by atoms with van der Waals surface area (Å²) >= 11 is 3.31. The van der Waals surface area contributed by atoms with Crippen LogP contribution in [0.2, 0.25) is 0 Å². The van der Waals surface area contributed by atoms with Gasteiger partial charge in [-0.2, -0.15) is 0 Å². The Morgan fingerprint density at radius 1 is 0.848 bits per heavy atom. The molecular formula is C23H28N6O2S2. The standard InChI is InChI=1S/C23H28N6O2S2/c1-23(2)30-21(19(26-28-24)13-15-7-5-9-17(11-15)32-3)22(31-23)20(27-29-25)14-16-8-6-10-18(12-16)33-4/h5-12,19-22H,13-14H2,1-4H3/t19-,20-,21+,22+/m1/s1. The molecule has 0 saturated carbocycles. The highest BCUT2D eigenvalue weighted by atomic mass is 32.2. The summed E-state index contributed by atoms with van der Waals surface area (Å²) in [6.45, 7) is 3.64. The molecule has 1 aliphatic rings. The Kier molecular flexibility index (Phi) is 8.97. The lowest BCUT2D eigenvalue weighted by Gasteiger charge is -2.27. The Labute approximate surface area is 202 Å². The van der Waals surface area contributed by atoms with Gasteiger partial charge in [-0.1, -0.05) is 34.5 Å². The topological polar surface area (TPSA) is 116 Å². The van der Waals surface area contributed by atoms with Crippen LogP contribution in [0.3, 0.4) is 0 Å². The van der Waals surface area contributed by atoms with Gasteiger partial charge in [0.25, 0.3) is 0 Å². The molecule has 0 aromatic heterocycles. The Bertz CT molecular complexity index is 971. The second-order valence-corrected chi connectivity index (χ2v) is 9.98. The number of azide groups is 2. The van der Waals surface area contributed by atoms with Crippen molar-refractivity contribution in [2.45, 2.75) is 66.6 Å². The molecule has 1 heterocycles. The Hall–Kier alpha value is -2.32. The number of ether oxygens (including phenoxy) is 2. The van der Waals surface area contributed by atoms with Gasteiger partial charge in [-0.3, -0.25) is 0 Å². The first-order valence-corrected chi connectivity index (χ1v) is 13.0. The largest absolute Gasteiger partial charge is 0.344 e. The Morgan fingerprint density at radius 3 is 1.64 bits per heavy atom. The second kappa shape index (κ2) is 11.7. The summed E-state index contributed by atoms with van der Waals surface area (Å²) in [5, 5.41) is 8.16. The van der Waals surface area contributed by atoms with Crippen LogP contribution in [0.5, 0.6) is 0 Å². The monoisotopic (exact) mass is 484 g/mol. The molecule has 0 unspecified atom stereocenters. The summed E-state index contributed by atoms with van der Waals surface area (Å²) in [4.78, 5) is 8.45. The number of rotatable bonds is 10. The van der Waals surface area contributed by atoms with Crippen LogP contribution < -0.4 is 0 Å². The third-order valence-corrected chi connectivity index (χ3v) is 6.93. The molecule has 0 radical (unpaired) electrons. The average molecular weight is 485 g/mol. The van der Waals surface area contributed by atoms with Crippen LogP contribution in [0, 0.1) is 0 Å². The van der Waals surface area contributed by atoms with Crippen molar-refractivity contribution in [3.63, 3.8) is 0 Å². The van der Waals surface area contributed by atoms with Crippen molar-refractivity contribution in [3.05, 3.63) is 80.5 Å². The summed E-state index contributed by atoms with van der Waals surface area (Å²) in [7, 11) is 0. The van der Waals surface area contributed by atoms with Gasteiger partial charge in [0.15, 0.2) is 5.79 Å². The molecule has 3 rings (SSSR count). The summed E-state index contributed by atoms with van der Waals surface area (Å²) < 4.78 is 12.5. The predicted molar refractivity (Wildman–Crippen MR) is 134 cm³/mol. The highest BCUT2D eigenvalue weighted by Crippen LogP contribution is 2.36. The first-order chi connectivity index (χ1) is 15.9. The van der Waals surface area contributed by atoms with E-state index in [9.17, 15) is 11.1 Å². The normalized spacial score (nSPS) is 21.0. The van der Waals surface area contributed by atoms with Crippen LogP contribution in [0.4, 0.5) is 0 Å². The van der Waals surface area contributed by atoms with Crippen LogP contribution in [0.25, 0.3) is 20.9 Å². The molecule has 0 N–H and O–H groups in total. The summed E-state index contributed by atoms with van der Waals surface area (Å²) in [6.07, 6.45) is 3.90. The van der Waals surface area contributed by atoms with Crippen molar-refractivity contribution >= 4 is 23.5 Å². The van der Waals surface area contributed by atoms with E-state index in [2.05, 4.69) is 32.2 Å². The van der Waals surface area contributed by atoms with Gasteiger partial charge in [-0.15, -0.1) is 23.5 Å². The summed E-state index contributed by atoms with van der Waals surface area (Å²) in [6, 6.07) is 15.2. The SMILES string of the molecule is CSc1cccc(C[C@@H](N=[N+]=[N-])[C@@H]2OC(C)(C)O[C@H]2[C@@H](Cc2cccc(SC)c2)N=[N+]=[N-])c1. The molecule has 1 aliphatic heterocycles. The smallest absolute Gasteiger partial charge is 0.163 e. The van der Waals surface area contributed by atoms with Crippen molar-refractivity contribution in [3.8, 4) is 0 Å². The Morgan fingerprint density at radius 2 is 1.27 bits per heavy atom. The number of hydrogen-bond acceptors (Lipinski definition) is 6. The minimum Gasteiger partial charge on any atom is -0.344 e. The highest BCUT2D eigenvalue weighted by Gasteiger charge is 2.48. The highest BCUT2D eigenvalue weighted by molar-refractivity contribution is 7.98. The van der Waals surface area contributed by atoms with Crippen LogP contribution in [0.15, 0.2) is 68.6 Å².